The second-order valence-corrected chi connectivity index (χ2v) is 4.68. The van der Waals surface area contributed by atoms with Gasteiger partial charge in [-0.2, -0.15) is 4.99 Å². The van der Waals surface area contributed by atoms with Crippen LogP contribution in [0.1, 0.15) is 26.7 Å². The lowest BCUT2D eigenvalue weighted by molar-refractivity contribution is -0.126. The highest BCUT2D eigenvalue weighted by molar-refractivity contribution is 8.14. The highest BCUT2D eigenvalue weighted by Crippen LogP contribution is 2.35. The van der Waals surface area contributed by atoms with E-state index in [0.29, 0.717) is 17.9 Å². The molecule has 0 fully saturated rings. The molecule has 94 valence electrons. The molecular weight excluding hydrogens is 242 g/mol. The first-order valence-electron chi connectivity index (χ1n) is 5.32. The molecule has 1 heterocycles. The van der Waals surface area contributed by atoms with Gasteiger partial charge in [0.2, 0.25) is 11.8 Å². The number of nitrogens with two attached hydrogens (primary N) is 1. The molecule has 17 heavy (non-hydrogen) atoms. The Hall–Kier alpha value is -1.37. The number of nitrogens with zero attached hydrogens (tertiary/aromatic N) is 1. The van der Waals surface area contributed by atoms with Gasteiger partial charge in [0.25, 0.3) is 0 Å². The van der Waals surface area contributed by atoms with E-state index in [4.69, 9.17) is 5.73 Å². The second-order valence-electron chi connectivity index (χ2n) is 3.72. The van der Waals surface area contributed by atoms with E-state index >= 15 is 0 Å². The first-order valence-corrected chi connectivity index (χ1v) is 6.30. The number of aliphatic imine (C=N–C) groups is 1. The third kappa shape index (κ3) is 2.66. The minimum absolute atomic E-state index is 0.0150. The Balaban J connectivity index is 3.04. The van der Waals surface area contributed by atoms with Crippen LogP contribution in [0.15, 0.2) is 4.99 Å². The summed E-state index contributed by atoms with van der Waals surface area (Å²) in [5, 5.41) is 2.58. The van der Waals surface area contributed by atoms with Crippen molar-refractivity contribution in [2.75, 3.05) is 5.75 Å². The average Bonchev–Trinajstić information content (AvgIpc) is 2.26. The predicted molar refractivity (Wildman–Crippen MR) is 65.6 cm³/mol. The molecule has 4 amide bonds. The van der Waals surface area contributed by atoms with Gasteiger partial charge < -0.3 is 5.73 Å². The molecule has 1 aliphatic rings. The Morgan fingerprint density at radius 2 is 2.00 bits per heavy atom. The number of amides is 4. The molecule has 0 unspecified atom stereocenters. The van der Waals surface area contributed by atoms with Gasteiger partial charge in [-0.15, -0.1) is 0 Å². The highest BCUT2D eigenvalue weighted by atomic mass is 32.2. The quantitative estimate of drug-likeness (QED) is 0.772. The zero-order valence-corrected chi connectivity index (χ0v) is 10.6. The van der Waals surface area contributed by atoms with E-state index in [9.17, 15) is 14.4 Å². The van der Waals surface area contributed by atoms with Crippen LogP contribution in [0.5, 0.6) is 0 Å². The molecule has 1 aliphatic heterocycles. The monoisotopic (exact) mass is 257 g/mol. The summed E-state index contributed by atoms with van der Waals surface area (Å²) in [7, 11) is 0. The van der Waals surface area contributed by atoms with Crippen LogP contribution in [0.3, 0.4) is 0 Å². The van der Waals surface area contributed by atoms with Gasteiger partial charge in [-0.05, 0) is 12.8 Å². The lowest BCUT2D eigenvalue weighted by atomic mass is 9.81. The number of rotatable bonds is 4. The van der Waals surface area contributed by atoms with Crippen LogP contribution in [-0.2, 0) is 9.59 Å². The summed E-state index contributed by atoms with van der Waals surface area (Å²) < 4.78 is 0. The summed E-state index contributed by atoms with van der Waals surface area (Å²) in [5.41, 5.74) is 4.24. The fourth-order valence-corrected chi connectivity index (χ4v) is 2.81. The zero-order valence-electron chi connectivity index (χ0n) is 9.78. The predicted octanol–water partition coefficient (Wildman–Crippen LogP) is 0.660. The number of nitrogens with one attached hydrogen (secondary N) is 1. The molecule has 0 saturated heterocycles. The van der Waals surface area contributed by atoms with Crippen LogP contribution in [0, 0.1) is 5.41 Å². The summed E-state index contributed by atoms with van der Waals surface area (Å²) in [5.74, 6) is -0.840. The molecule has 6 nitrogen and oxygen atoms in total. The van der Waals surface area contributed by atoms with Gasteiger partial charge in [-0.1, -0.05) is 25.6 Å². The van der Waals surface area contributed by atoms with E-state index in [0.717, 1.165) is 11.8 Å². The molecule has 0 aromatic rings. The average molecular weight is 257 g/mol. The fraction of sp³-hybridized carbons (Fsp3) is 0.600. The lowest BCUT2D eigenvalue weighted by Crippen LogP contribution is -2.51. The molecule has 0 spiro atoms. The van der Waals surface area contributed by atoms with E-state index in [1.807, 2.05) is 13.8 Å². The van der Waals surface area contributed by atoms with Gasteiger partial charge in [-0.3, -0.25) is 14.9 Å². The third-order valence-corrected chi connectivity index (χ3v) is 4.01. The molecule has 0 aromatic heterocycles. The molecule has 7 heteroatoms. The Morgan fingerprint density at radius 3 is 2.47 bits per heavy atom. The summed E-state index contributed by atoms with van der Waals surface area (Å²) >= 11 is 1.06. The fourth-order valence-electron chi connectivity index (χ4n) is 1.72. The third-order valence-electron chi connectivity index (χ3n) is 2.83. The minimum Gasteiger partial charge on any atom is -0.369 e. The van der Waals surface area contributed by atoms with Crippen molar-refractivity contribution in [1.82, 2.24) is 5.32 Å². The standard InChI is InChI=1S/C10H15N3O3S/c1-3-10(4-2)7(15)12-9(16)13-8(10)17-5-6(11)14/h3-5H2,1-2H3,(H2,11,14)(H,12,15,16). The van der Waals surface area contributed by atoms with Gasteiger partial charge in [0.1, 0.15) is 0 Å². The van der Waals surface area contributed by atoms with Crippen molar-refractivity contribution in [2.24, 2.45) is 16.1 Å². The normalized spacial score (nSPS) is 18.6. The molecule has 0 saturated carbocycles. The topological polar surface area (TPSA) is 102 Å². The lowest BCUT2D eigenvalue weighted by Gasteiger charge is -2.33. The van der Waals surface area contributed by atoms with Gasteiger partial charge >= 0.3 is 6.03 Å². The van der Waals surface area contributed by atoms with Crippen LogP contribution >= 0.6 is 11.8 Å². The van der Waals surface area contributed by atoms with E-state index in [2.05, 4.69) is 10.3 Å². The molecule has 0 aliphatic carbocycles. The number of urea groups is 1. The van der Waals surface area contributed by atoms with E-state index in [1.165, 1.54) is 0 Å². The molecule has 0 atom stereocenters. The van der Waals surface area contributed by atoms with Crippen LogP contribution in [-0.4, -0.2) is 28.6 Å². The van der Waals surface area contributed by atoms with Crippen molar-refractivity contribution in [1.29, 1.82) is 0 Å². The van der Waals surface area contributed by atoms with Crippen LogP contribution in [0.4, 0.5) is 4.79 Å². The second kappa shape index (κ2) is 5.31. The maximum atomic E-state index is 11.9. The number of thioether (sulfide) groups is 1. The first-order chi connectivity index (χ1) is 7.96. The van der Waals surface area contributed by atoms with Crippen molar-refractivity contribution >= 4 is 34.7 Å². The van der Waals surface area contributed by atoms with Crippen LogP contribution in [0.25, 0.3) is 0 Å². The Kier molecular flexibility index (Phi) is 4.28. The number of hydrogen-bond donors (Lipinski definition) is 2. The maximum Gasteiger partial charge on any atom is 0.348 e. The molecule has 0 radical (unpaired) electrons. The minimum atomic E-state index is -0.811. The number of carbonyl (C=O) groups excluding carboxylic acids is 3. The van der Waals surface area contributed by atoms with Crippen molar-refractivity contribution in [2.45, 2.75) is 26.7 Å². The van der Waals surface area contributed by atoms with E-state index < -0.39 is 17.4 Å². The summed E-state index contributed by atoms with van der Waals surface area (Å²) in [6, 6.07) is -0.681. The number of carbonyl (C=O) groups is 3. The Morgan fingerprint density at radius 1 is 1.41 bits per heavy atom. The van der Waals surface area contributed by atoms with Crippen LogP contribution in [0.2, 0.25) is 0 Å². The van der Waals surface area contributed by atoms with Gasteiger partial charge in [-0.25, -0.2) is 4.79 Å². The van der Waals surface area contributed by atoms with Crippen molar-refractivity contribution in [3.63, 3.8) is 0 Å². The van der Waals surface area contributed by atoms with Crippen molar-refractivity contribution < 1.29 is 14.4 Å². The van der Waals surface area contributed by atoms with Crippen molar-refractivity contribution in [3.8, 4) is 0 Å². The molecule has 3 N–H and O–H groups in total. The molecule has 1 rings (SSSR count). The van der Waals surface area contributed by atoms with E-state index in [-0.39, 0.29) is 11.7 Å². The first kappa shape index (κ1) is 13.7. The largest absolute Gasteiger partial charge is 0.369 e. The highest BCUT2D eigenvalue weighted by Gasteiger charge is 2.44. The number of imide groups is 1. The summed E-state index contributed by atoms with van der Waals surface area (Å²) in [6.45, 7) is 3.69. The smallest absolute Gasteiger partial charge is 0.348 e. The van der Waals surface area contributed by atoms with Gasteiger partial charge in [0, 0.05) is 0 Å². The Bertz CT molecular complexity index is 388. The maximum absolute atomic E-state index is 11.9. The zero-order chi connectivity index (χ0) is 13.1. The van der Waals surface area contributed by atoms with Gasteiger partial charge in [0.05, 0.1) is 16.2 Å². The van der Waals surface area contributed by atoms with E-state index in [1.54, 1.807) is 0 Å². The molecule has 0 aromatic carbocycles. The van der Waals surface area contributed by atoms with Crippen molar-refractivity contribution in [3.05, 3.63) is 0 Å². The molecular formula is C10H15N3O3S. The Labute approximate surface area is 103 Å². The molecule has 0 bridgehead atoms. The van der Waals surface area contributed by atoms with Gasteiger partial charge in [0.15, 0.2) is 0 Å². The SMILES string of the molecule is CCC1(CC)C(=O)NC(=O)N=C1SCC(N)=O. The van der Waals surface area contributed by atoms with Crippen LogP contribution < -0.4 is 11.1 Å². The number of primary amides is 1. The summed E-state index contributed by atoms with van der Waals surface area (Å²) in [4.78, 5) is 37.7. The summed E-state index contributed by atoms with van der Waals surface area (Å²) in [6.07, 6.45) is 1.04. The number of hydrogen-bond acceptors (Lipinski definition) is 4.